The Bertz CT molecular complexity index is 715. The summed E-state index contributed by atoms with van der Waals surface area (Å²) in [5.41, 5.74) is 2.73. The van der Waals surface area contributed by atoms with Crippen molar-refractivity contribution in [2.45, 2.75) is 20.3 Å². The molecule has 5 nitrogen and oxygen atoms in total. The zero-order valence-corrected chi connectivity index (χ0v) is 16.3. The van der Waals surface area contributed by atoms with Crippen LogP contribution in [0.15, 0.2) is 42.5 Å². The van der Waals surface area contributed by atoms with Crippen LogP contribution in [-0.4, -0.2) is 32.7 Å². The first-order valence-electron chi connectivity index (χ1n) is 8.79. The van der Waals surface area contributed by atoms with Crippen LogP contribution in [0, 0.1) is 0 Å². The summed E-state index contributed by atoms with van der Waals surface area (Å²) in [5, 5.41) is 6.72. The zero-order valence-electron chi connectivity index (χ0n) is 15.5. The molecule has 0 bridgehead atoms. The number of hydrogen-bond donors (Lipinski definition) is 2. The SMILES string of the molecule is CCN(CC)c1ccc(NC(=O)CCNc2cc(Cl)ccc2OC)cc1. The highest BCUT2D eigenvalue weighted by Crippen LogP contribution is 2.27. The number of ether oxygens (including phenoxy) is 1. The van der Waals surface area contributed by atoms with Gasteiger partial charge in [0.1, 0.15) is 5.75 Å². The second-order valence-corrected chi connectivity index (χ2v) is 6.23. The third-order valence-corrected chi connectivity index (χ3v) is 4.34. The molecule has 2 rings (SSSR count). The molecular weight excluding hydrogens is 350 g/mol. The number of carbonyl (C=O) groups is 1. The standard InChI is InChI=1S/C20H26ClN3O2/c1-4-24(5-2)17-9-7-16(8-10-17)23-20(25)12-13-22-18-14-15(21)6-11-19(18)26-3/h6-11,14,22H,4-5,12-13H2,1-3H3,(H,23,25). The number of nitrogens with one attached hydrogen (secondary N) is 2. The van der Waals surface area contributed by atoms with Crippen LogP contribution in [0.25, 0.3) is 0 Å². The topological polar surface area (TPSA) is 53.6 Å². The first kappa shape index (κ1) is 19.9. The molecule has 0 spiro atoms. The number of carbonyl (C=O) groups excluding carboxylic acids is 1. The average molecular weight is 376 g/mol. The van der Waals surface area contributed by atoms with Gasteiger partial charge < -0.3 is 20.3 Å². The first-order chi connectivity index (χ1) is 12.6. The van der Waals surface area contributed by atoms with Crippen LogP contribution in [-0.2, 0) is 4.79 Å². The normalized spacial score (nSPS) is 10.3. The lowest BCUT2D eigenvalue weighted by Crippen LogP contribution is -2.21. The van der Waals surface area contributed by atoms with Gasteiger partial charge in [-0.2, -0.15) is 0 Å². The maximum Gasteiger partial charge on any atom is 0.226 e. The van der Waals surface area contributed by atoms with E-state index in [1.807, 2.05) is 24.3 Å². The van der Waals surface area contributed by atoms with E-state index in [1.165, 1.54) is 0 Å². The highest BCUT2D eigenvalue weighted by atomic mass is 35.5. The van der Waals surface area contributed by atoms with Crippen molar-refractivity contribution < 1.29 is 9.53 Å². The van der Waals surface area contributed by atoms with Crippen molar-refractivity contribution >= 4 is 34.6 Å². The third kappa shape index (κ3) is 5.56. The van der Waals surface area contributed by atoms with Crippen molar-refractivity contribution in [1.82, 2.24) is 0 Å². The lowest BCUT2D eigenvalue weighted by Gasteiger charge is -2.21. The number of halogens is 1. The van der Waals surface area contributed by atoms with Crippen molar-refractivity contribution in [2.24, 2.45) is 0 Å². The first-order valence-corrected chi connectivity index (χ1v) is 9.17. The van der Waals surface area contributed by atoms with E-state index in [2.05, 4.69) is 29.4 Å². The third-order valence-electron chi connectivity index (χ3n) is 4.11. The summed E-state index contributed by atoms with van der Waals surface area (Å²) in [6.07, 6.45) is 0.341. The maximum absolute atomic E-state index is 12.1. The second-order valence-electron chi connectivity index (χ2n) is 5.79. The Hall–Kier alpha value is -2.40. The highest BCUT2D eigenvalue weighted by molar-refractivity contribution is 6.30. The summed E-state index contributed by atoms with van der Waals surface area (Å²) in [6, 6.07) is 13.2. The van der Waals surface area contributed by atoms with Gasteiger partial charge in [-0.05, 0) is 56.3 Å². The summed E-state index contributed by atoms with van der Waals surface area (Å²) in [6.45, 7) is 6.66. The average Bonchev–Trinajstić information content (AvgIpc) is 2.64. The molecule has 0 atom stereocenters. The Morgan fingerprint density at radius 2 is 1.81 bits per heavy atom. The molecule has 0 heterocycles. The van der Waals surface area contributed by atoms with Gasteiger partial charge in [0.05, 0.1) is 12.8 Å². The molecule has 0 aliphatic carbocycles. The van der Waals surface area contributed by atoms with Crippen LogP contribution in [0.1, 0.15) is 20.3 Å². The van der Waals surface area contributed by atoms with E-state index >= 15 is 0 Å². The van der Waals surface area contributed by atoms with Crippen molar-refractivity contribution in [2.75, 3.05) is 42.3 Å². The number of hydrogen-bond acceptors (Lipinski definition) is 4. The Morgan fingerprint density at radius 3 is 2.42 bits per heavy atom. The number of amides is 1. The van der Waals surface area contributed by atoms with Gasteiger partial charge in [-0.25, -0.2) is 0 Å². The van der Waals surface area contributed by atoms with Gasteiger partial charge in [0, 0.05) is 42.5 Å². The molecule has 0 aromatic heterocycles. The van der Waals surface area contributed by atoms with E-state index < -0.39 is 0 Å². The van der Waals surface area contributed by atoms with E-state index in [1.54, 1.807) is 25.3 Å². The summed E-state index contributed by atoms with van der Waals surface area (Å²) < 4.78 is 5.28. The molecule has 1 amide bonds. The predicted molar refractivity (Wildman–Crippen MR) is 110 cm³/mol. The minimum Gasteiger partial charge on any atom is -0.495 e. The van der Waals surface area contributed by atoms with Gasteiger partial charge in [-0.15, -0.1) is 0 Å². The molecule has 0 aliphatic rings. The minimum atomic E-state index is -0.0471. The molecule has 0 fully saturated rings. The van der Waals surface area contributed by atoms with Gasteiger partial charge in [-0.3, -0.25) is 4.79 Å². The van der Waals surface area contributed by atoms with E-state index in [9.17, 15) is 4.79 Å². The fraction of sp³-hybridized carbons (Fsp3) is 0.350. The Balaban J connectivity index is 1.85. The van der Waals surface area contributed by atoms with Crippen LogP contribution in [0.5, 0.6) is 5.75 Å². The molecule has 140 valence electrons. The van der Waals surface area contributed by atoms with E-state index in [0.717, 1.165) is 30.2 Å². The molecule has 2 N–H and O–H groups in total. The van der Waals surface area contributed by atoms with Crippen molar-refractivity contribution in [3.63, 3.8) is 0 Å². The molecule has 0 saturated carbocycles. The summed E-state index contributed by atoms with van der Waals surface area (Å²) >= 11 is 6.00. The Kier molecular flexibility index (Phi) is 7.60. The van der Waals surface area contributed by atoms with Crippen LogP contribution < -0.4 is 20.3 Å². The smallest absolute Gasteiger partial charge is 0.226 e. The van der Waals surface area contributed by atoms with Crippen molar-refractivity contribution in [3.05, 3.63) is 47.5 Å². The number of methoxy groups -OCH3 is 1. The number of rotatable bonds is 9. The van der Waals surface area contributed by atoms with E-state index in [4.69, 9.17) is 16.3 Å². The number of nitrogens with zero attached hydrogens (tertiary/aromatic N) is 1. The zero-order chi connectivity index (χ0) is 18.9. The molecule has 0 radical (unpaired) electrons. The minimum absolute atomic E-state index is 0.0471. The van der Waals surface area contributed by atoms with Crippen LogP contribution in [0.3, 0.4) is 0 Å². The van der Waals surface area contributed by atoms with Gasteiger partial charge in [0.2, 0.25) is 5.91 Å². The molecule has 0 unspecified atom stereocenters. The van der Waals surface area contributed by atoms with Crippen LogP contribution in [0.4, 0.5) is 17.1 Å². The Morgan fingerprint density at radius 1 is 1.12 bits per heavy atom. The van der Waals surface area contributed by atoms with Crippen molar-refractivity contribution in [3.8, 4) is 5.75 Å². The lowest BCUT2D eigenvalue weighted by molar-refractivity contribution is -0.115. The molecule has 0 saturated heterocycles. The molecule has 2 aromatic carbocycles. The molecule has 0 aliphatic heterocycles. The highest BCUT2D eigenvalue weighted by Gasteiger charge is 2.07. The summed E-state index contributed by atoms with van der Waals surface area (Å²) in [4.78, 5) is 14.4. The van der Waals surface area contributed by atoms with Crippen LogP contribution >= 0.6 is 11.6 Å². The number of anilines is 3. The fourth-order valence-corrected chi connectivity index (χ4v) is 2.87. The molecule has 2 aromatic rings. The Labute approximate surface area is 160 Å². The molecule has 6 heteroatoms. The van der Waals surface area contributed by atoms with E-state index in [-0.39, 0.29) is 5.91 Å². The lowest BCUT2D eigenvalue weighted by atomic mass is 10.2. The van der Waals surface area contributed by atoms with Gasteiger partial charge in [0.15, 0.2) is 0 Å². The quantitative estimate of drug-likeness (QED) is 0.670. The molecular formula is C20H26ClN3O2. The second kappa shape index (κ2) is 9.92. The largest absolute Gasteiger partial charge is 0.495 e. The number of benzene rings is 2. The monoisotopic (exact) mass is 375 g/mol. The fourth-order valence-electron chi connectivity index (χ4n) is 2.70. The maximum atomic E-state index is 12.1. The van der Waals surface area contributed by atoms with Gasteiger partial charge >= 0.3 is 0 Å². The van der Waals surface area contributed by atoms with Gasteiger partial charge in [0.25, 0.3) is 0 Å². The van der Waals surface area contributed by atoms with E-state index in [0.29, 0.717) is 23.7 Å². The predicted octanol–water partition coefficient (Wildman–Crippen LogP) is 4.64. The summed E-state index contributed by atoms with van der Waals surface area (Å²) in [5.74, 6) is 0.649. The van der Waals surface area contributed by atoms with Crippen LogP contribution in [0.2, 0.25) is 5.02 Å². The molecule has 26 heavy (non-hydrogen) atoms. The summed E-state index contributed by atoms with van der Waals surface area (Å²) in [7, 11) is 1.60. The van der Waals surface area contributed by atoms with Crippen molar-refractivity contribution in [1.29, 1.82) is 0 Å². The van der Waals surface area contributed by atoms with Gasteiger partial charge in [-0.1, -0.05) is 11.6 Å².